The Balaban J connectivity index is 0.000000132. The molecule has 0 heteroatoms. The van der Waals surface area contributed by atoms with Crippen molar-refractivity contribution in [2.24, 2.45) is 11.8 Å². The van der Waals surface area contributed by atoms with E-state index in [1.54, 1.807) is 0 Å². The molecule has 2 atom stereocenters. The average Bonchev–Trinajstić information content (AvgIpc) is 2.58. The number of rotatable bonds is 0. The Morgan fingerprint density at radius 1 is 0.923 bits per heavy atom. The molecular weight excluding hydrogens is 156 g/mol. The van der Waals surface area contributed by atoms with Gasteiger partial charge in [0.25, 0.3) is 0 Å². The summed E-state index contributed by atoms with van der Waals surface area (Å²) in [6.07, 6.45) is 15.8. The zero-order valence-corrected chi connectivity index (χ0v) is 9.00. The van der Waals surface area contributed by atoms with Crippen molar-refractivity contribution in [3.63, 3.8) is 0 Å². The summed E-state index contributed by atoms with van der Waals surface area (Å²) in [7, 11) is 0. The van der Waals surface area contributed by atoms with Crippen molar-refractivity contribution < 1.29 is 0 Å². The molecule has 0 saturated heterocycles. The summed E-state index contributed by atoms with van der Waals surface area (Å²) >= 11 is 0. The Hall–Kier alpha value is -0.520. The SMILES string of the molecule is CC1C=CCC1.CC1CC=CCC1. The molecule has 0 aromatic carbocycles. The fourth-order valence-corrected chi connectivity index (χ4v) is 1.73. The van der Waals surface area contributed by atoms with Gasteiger partial charge in [-0.15, -0.1) is 0 Å². The van der Waals surface area contributed by atoms with Crippen molar-refractivity contribution in [2.75, 3.05) is 0 Å². The van der Waals surface area contributed by atoms with Crippen molar-refractivity contribution >= 4 is 0 Å². The Bertz CT molecular complexity index is 176. The quantitative estimate of drug-likeness (QED) is 0.484. The van der Waals surface area contributed by atoms with Crippen LogP contribution in [0.15, 0.2) is 24.3 Å². The first-order valence-electron chi connectivity index (χ1n) is 5.60. The van der Waals surface area contributed by atoms with E-state index in [4.69, 9.17) is 0 Å². The smallest absolute Gasteiger partial charge is 0.0259 e. The minimum absolute atomic E-state index is 0.866. The van der Waals surface area contributed by atoms with Crippen molar-refractivity contribution in [1.29, 1.82) is 0 Å². The number of hydrogen-bond acceptors (Lipinski definition) is 0. The molecule has 0 aliphatic heterocycles. The molecule has 0 amide bonds. The van der Waals surface area contributed by atoms with E-state index >= 15 is 0 Å². The third kappa shape index (κ3) is 4.92. The first-order valence-corrected chi connectivity index (χ1v) is 5.60. The normalized spacial score (nSPS) is 31.2. The van der Waals surface area contributed by atoms with Gasteiger partial charge in [0.15, 0.2) is 0 Å². The average molecular weight is 178 g/mol. The van der Waals surface area contributed by atoms with Gasteiger partial charge < -0.3 is 0 Å². The van der Waals surface area contributed by atoms with Gasteiger partial charge in [0, 0.05) is 0 Å². The first kappa shape index (κ1) is 10.6. The highest BCUT2D eigenvalue weighted by atomic mass is 14.1. The van der Waals surface area contributed by atoms with E-state index in [1.165, 1.54) is 32.1 Å². The zero-order chi connectivity index (χ0) is 9.52. The molecular formula is C13H22. The maximum absolute atomic E-state index is 2.31. The fourth-order valence-electron chi connectivity index (χ4n) is 1.73. The maximum Gasteiger partial charge on any atom is -0.0259 e. The molecule has 0 spiro atoms. The van der Waals surface area contributed by atoms with E-state index in [2.05, 4.69) is 38.2 Å². The highest BCUT2D eigenvalue weighted by Crippen LogP contribution is 2.16. The van der Waals surface area contributed by atoms with Crippen LogP contribution in [0.1, 0.15) is 46.0 Å². The molecule has 0 N–H and O–H groups in total. The van der Waals surface area contributed by atoms with Gasteiger partial charge in [-0.2, -0.15) is 0 Å². The molecule has 0 aromatic rings. The molecule has 74 valence electrons. The van der Waals surface area contributed by atoms with Gasteiger partial charge in [-0.1, -0.05) is 38.2 Å². The van der Waals surface area contributed by atoms with E-state index in [1.807, 2.05) is 0 Å². The summed E-state index contributed by atoms with van der Waals surface area (Å²) in [6, 6.07) is 0. The van der Waals surface area contributed by atoms with Gasteiger partial charge in [-0.3, -0.25) is 0 Å². The largest absolute Gasteiger partial charge is 0.0885 e. The third-order valence-electron chi connectivity index (χ3n) is 2.78. The van der Waals surface area contributed by atoms with E-state index in [0.717, 1.165) is 11.8 Å². The highest BCUT2D eigenvalue weighted by molar-refractivity contribution is 4.93. The Morgan fingerprint density at radius 2 is 1.69 bits per heavy atom. The summed E-state index contributed by atoms with van der Waals surface area (Å²) in [6.45, 7) is 4.56. The molecule has 2 aliphatic rings. The predicted molar refractivity (Wildman–Crippen MR) is 59.7 cm³/mol. The minimum Gasteiger partial charge on any atom is -0.0885 e. The van der Waals surface area contributed by atoms with E-state index < -0.39 is 0 Å². The van der Waals surface area contributed by atoms with Gasteiger partial charge in [-0.25, -0.2) is 0 Å². The second-order valence-electron chi connectivity index (χ2n) is 4.37. The lowest BCUT2D eigenvalue weighted by Gasteiger charge is -2.09. The molecule has 2 rings (SSSR count). The molecule has 0 heterocycles. The predicted octanol–water partition coefficient (Wildman–Crippen LogP) is 4.34. The van der Waals surface area contributed by atoms with Gasteiger partial charge in [0.1, 0.15) is 0 Å². The molecule has 0 bridgehead atoms. The summed E-state index contributed by atoms with van der Waals surface area (Å²) in [5.41, 5.74) is 0. The zero-order valence-electron chi connectivity index (χ0n) is 9.00. The number of hydrogen-bond donors (Lipinski definition) is 0. The monoisotopic (exact) mass is 178 g/mol. The maximum atomic E-state index is 2.31. The van der Waals surface area contributed by atoms with Crippen LogP contribution in [0.3, 0.4) is 0 Å². The van der Waals surface area contributed by atoms with Crippen LogP contribution in [0.5, 0.6) is 0 Å². The van der Waals surface area contributed by atoms with Crippen LogP contribution in [0, 0.1) is 11.8 Å². The van der Waals surface area contributed by atoms with Crippen LogP contribution in [0.4, 0.5) is 0 Å². The van der Waals surface area contributed by atoms with Crippen LogP contribution in [-0.2, 0) is 0 Å². The van der Waals surface area contributed by atoms with Crippen LogP contribution in [0.25, 0.3) is 0 Å². The van der Waals surface area contributed by atoms with Crippen molar-refractivity contribution in [3.8, 4) is 0 Å². The van der Waals surface area contributed by atoms with Gasteiger partial charge in [0.2, 0.25) is 0 Å². The molecule has 2 aliphatic carbocycles. The molecule has 2 unspecified atom stereocenters. The third-order valence-corrected chi connectivity index (χ3v) is 2.78. The second kappa shape index (κ2) is 6.01. The minimum atomic E-state index is 0.866. The van der Waals surface area contributed by atoms with Gasteiger partial charge >= 0.3 is 0 Å². The summed E-state index contributed by atoms with van der Waals surface area (Å²) < 4.78 is 0. The van der Waals surface area contributed by atoms with E-state index in [0.29, 0.717) is 0 Å². The van der Waals surface area contributed by atoms with Crippen LogP contribution < -0.4 is 0 Å². The molecule has 0 saturated carbocycles. The Morgan fingerprint density at radius 3 is 1.92 bits per heavy atom. The Labute approximate surface area is 82.7 Å². The molecule has 0 nitrogen and oxygen atoms in total. The lowest BCUT2D eigenvalue weighted by molar-refractivity contribution is 0.527. The van der Waals surface area contributed by atoms with E-state index in [9.17, 15) is 0 Å². The van der Waals surface area contributed by atoms with Crippen LogP contribution >= 0.6 is 0 Å². The molecule has 0 fully saturated rings. The number of allylic oxidation sites excluding steroid dienone is 4. The molecule has 13 heavy (non-hydrogen) atoms. The summed E-state index contributed by atoms with van der Waals surface area (Å²) in [5, 5.41) is 0. The molecule has 0 radical (unpaired) electrons. The van der Waals surface area contributed by atoms with Crippen LogP contribution in [-0.4, -0.2) is 0 Å². The molecule has 0 aromatic heterocycles. The lowest BCUT2D eigenvalue weighted by Crippen LogP contribution is -1.94. The van der Waals surface area contributed by atoms with Crippen molar-refractivity contribution in [3.05, 3.63) is 24.3 Å². The van der Waals surface area contributed by atoms with Gasteiger partial charge in [-0.05, 0) is 43.9 Å². The topological polar surface area (TPSA) is 0 Å². The lowest BCUT2D eigenvalue weighted by atomic mass is 9.97. The van der Waals surface area contributed by atoms with E-state index in [-0.39, 0.29) is 0 Å². The van der Waals surface area contributed by atoms with Crippen molar-refractivity contribution in [2.45, 2.75) is 46.0 Å². The van der Waals surface area contributed by atoms with Crippen LogP contribution in [0.2, 0.25) is 0 Å². The summed E-state index contributed by atoms with van der Waals surface area (Å²) in [5.74, 6) is 1.81. The standard InChI is InChI=1S/C7H12.C6H10/c1-7-5-3-2-4-6-7;1-6-4-2-3-5-6/h2-3,7H,4-6H2,1H3;2,4,6H,3,5H2,1H3. The first-order chi connectivity index (χ1) is 6.29. The van der Waals surface area contributed by atoms with Gasteiger partial charge in [0.05, 0.1) is 0 Å². The highest BCUT2D eigenvalue weighted by Gasteiger charge is 2.00. The Kier molecular flexibility index (Phi) is 4.88. The fraction of sp³-hybridized carbons (Fsp3) is 0.692. The summed E-state index contributed by atoms with van der Waals surface area (Å²) in [4.78, 5) is 0. The van der Waals surface area contributed by atoms with Crippen molar-refractivity contribution in [1.82, 2.24) is 0 Å². The second-order valence-corrected chi connectivity index (χ2v) is 4.37.